The van der Waals surface area contributed by atoms with Crippen LogP contribution in [0.5, 0.6) is 0 Å². The third-order valence-corrected chi connectivity index (χ3v) is 5.97. The molecule has 3 rings (SSSR count). The number of carbonyl (C=O) groups is 2. The smallest absolute Gasteiger partial charge is 0.253 e. The van der Waals surface area contributed by atoms with Gasteiger partial charge in [0.1, 0.15) is 5.82 Å². The number of halogens is 3. The molecule has 0 saturated heterocycles. The minimum absolute atomic E-state index is 0.0214. The molecule has 0 aliphatic carbocycles. The molecule has 2 amide bonds. The molecule has 0 unspecified atom stereocenters. The summed E-state index contributed by atoms with van der Waals surface area (Å²) in [6, 6.07) is 10.1. The molecule has 0 spiro atoms. The van der Waals surface area contributed by atoms with Gasteiger partial charge in [0.05, 0.1) is 28.1 Å². The summed E-state index contributed by atoms with van der Waals surface area (Å²) in [5.74, 6) is -0.694. The van der Waals surface area contributed by atoms with Crippen LogP contribution >= 0.6 is 35.0 Å². The zero-order valence-corrected chi connectivity index (χ0v) is 19.6. The molecule has 7 nitrogen and oxygen atoms in total. The largest absolute Gasteiger partial charge is 0.342 e. The fraction of sp³-hybridized carbons (Fsp3) is 0.238. The number of nitrogens with zero attached hydrogens (tertiary/aromatic N) is 3. The normalized spacial score (nSPS) is 11.8. The van der Waals surface area contributed by atoms with Gasteiger partial charge in [-0.15, -0.1) is 10.2 Å². The summed E-state index contributed by atoms with van der Waals surface area (Å²) >= 11 is 13.2. The Balaban J connectivity index is 1.65. The maximum Gasteiger partial charge on any atom is 0.253 e. The van der Waals surface area contributed by atoms with Crippen molar-refractivity contribution < 1.29 is 14.0 Å². The molecule has 0 fully saturated rings. The number of amides is 2. The number of thioether (sulfide) groups is 1. The monoisotopic (exact) mass is 495 g/mol. The Bertz CT molecular complexity index is 1140. The lowest BCUT2D eigenvalue weighted by Gasteiger charge is -2.15. The van der Waals surface area contributed by atoms with Crippen molar-refractivity contribution in [1.82, 2.24) is 20.1 Å². The molecule has 1 heterocycles. The molecule has 1 aromatic heterocycles. The predicted octanol–water partition coefficient (Wildman–Crippen LogP) is 4.97. The Morgan fingerprint density at radius 3 is 2.62 bits per heavy atom. The third kappa shape index (κ3) is 5.79. The number of nitrogens with one attached hydrogen (secondary N) is 2. The Morgan fingerprint density at radius 1 is 1.19 bits per heavy atom. The van der Waals surface area contributed by atoms with Gasteiger partial charge in [0, 0.05) is 11.6 Å². The van der Waals surface area contributed by atoms with E-state index in [9.17, 15) is 14.0 Å². The summed E-state index contributed by atoms with van der Waals surface area (Å²) in [5, 5.41) is 14.9. The van der Waals surface area contributed by atoms with Crippen LogP contribution < -0.4 is 10.6 Å². The van der Waals surface area contributed by atoms with E-state index in [1.54, 1.807) is 35.8 Å². The highest BCUT2D eigenvalue weighted by atomic mass is 35.5. The van der Waals surface area contributed by atoms with Crippen LogP contribution in [0.3, 0.4) is 0 Å². The van der Waals surface area contributed by atoms with E-state index in [4.69, 9.17) is 23.2 Å². The molecule has 168 valence electrons. The van der Waals surface area contributed by atoms with Crippen LogP contribution in [0.1, 0.15) is 36.1 Å². The quantitative estimate of drug-likeness (QED) is 0.430. The third-order valence-electron chi connectivity index (χ3n) is 4.45. The molecule has 2 aromatic carbocycles. The first kappa shape index (κ1) is 24.0. The summed E-state index contributed by atoms with van der Waals surface area (Å²) in [6.45, 7) is 4.21. The SMILES string of the molecule is CCn1c(SCC(=O)Nc2ccccc2F)nnc1[C@H](C)NC(=O)c1ccc(Cl)cc1Cl. The Kier molecular flexibility index (Phi) is 8.11. The minimum atomic E-state index is -0.504. The van der Waals surface area contributed by atoms with Crippen molar-refractivity contribution in [2.24, 2.45) is 0 Å². The number of rotatable bonds is 8. The van der Waals surface area contributed by atoms with E-state index in [2.05, 4.69) is 20.8 Å². The van der Waals surface area contributed by atoms with Gasteiger partial charge in [-0.2, -0.15) is 0 Å². The lowest BCUT2D eigenvalue weighted by molar-refractivity contribution is -0.113. The molecule has 1 atom stereocenters. The second-order valence-corrected chi connectivity index (χ2v) is 8.51. The van der Waals surface area contributed by atoms with Gasteiger partial charge in [0.15, 0.2) is 11.0 Å². The first-order valence-corrected chi connectivity index (χ1v) is 11.4. The summed E-state index contributed by atoms with van der Waals surface area (Å²) < 4.78 is 15.5. The summed E-state index contributed by atoms with van der Waals surface area (Å²) in [4.78, 5) is 24.8. The van der Waals surface area contributed by atoms with Gasteiger partial charge in [-0.3, -0.25) is 9.59 Å². The molecule has 0 bridgehead atoms. The van der Waals surface area contributed by atoms with Crippen molar-refractivity contribution in [1.29, 1.82) is 0 Å². The molecule has 0 saturated carbocycles. The summed E-state index contributed by atoms with van der Waals surface area (Å²) in [7, 11) is 0. The number of carbonyl (C=O) groups excluding carboxylic acids is 2. The average Bonchev–Trinajstić information content (AvgIpc) is 3.17. The van der Waals surface area contributed by atoms with E-state index in [0.29, 0.717) is 28.1 Å². The Hall–Kier alpha value is -2.62. The summed E-state index contributed by atoms with van der Waals surface area (Å²) in [5.41, 5.74) is 0.415. The number of para-hydroxylation sites is 1. The van der Waals surface area contributed by atoms with E-state index in [1.807, 2.05) is 6.92 Å². The molecule has 0 aliphatic rings. The van der Waals surface area contributed by atoms with Crippen molar-refractivity contribution in [2.75, 3.05) is 11.1 Å². The van der Waals surface area contributed by atoms with Crippen LogP contribution in [-0.4, -0.2) is 32.3 Å². The standard InChI is InChI=1S/C21H20Cl2FN5O2S/c1-3-29-19(12(2)25-20(31)14-9-8-13(22)10-15(14)23)27-28-21(29)32-11-18(30)26-17-7-5-4-6-16(17)24/h4-10,12H,3,11H2,1-2H3,(H,25,31)(H,26,30)/t12-/m0/s1. The van der Waals surface area contributed by atoms with E-state index in [-0.39, 0.29) is 28.3 Å². The molecular weight excluding hydrogens is 476 g/mol. The maximum atomic E-state index is 13.7. The molecule has 2 N–H and O–H groups in total. The molecule has 3 aromatic rings. The van der Waals surface area contributed by atoms with E-state index >= 15 is 0 Å². The molecule has 32 heavy (non-hydrogen) atoms. The molecule has 0 radical (unpaired) electrons. The van der Waals surface area contributed by atoms with Crippen LogP contribution in [0.4, 0.5) is 10.1 Å². The lowest BCUT2D eigenvalue weighted by atomic mass is 10.2. The number of benzene rings is 2. The van der Waals surface area contributed by atoms with Crippen LogP contribution in [0, 0.1) is 5.82 Å². The van der Waals surface area contributed by atoms with Crippen LogP contribution in [0.2, 0.25) is 10.0 Å². The first-order chi connectivity index (χ1) is 15.3. The predicted molar refractivity (Wildman–Crippen MR) is 124 cm³/mol. The lowest BCUT2D eigenvalue weighted by Crippen LogP contribution is -2.29. The molecular formula is C21H20Cl2FN5O2S. The highest BCUT2D eigenvalue weighted by Crippen LogP contribution is 2.24. The van der Waals surface area contributed by atoms with Gasteiger partial charge >= 0.3 is 0 Å². The van der Waals surface area contributed by atoms with Gasteiger partial charge in [0.2, 0.25) is 5.91 Å². The number of aromatic nitrogens is 3. The van der Waals surface area contributed by atoms with Crippen molar-refractivity contribution >= 4 is 52.5 Å². The van der Waals surface area contributed by atoms with Gasteiger partial charge in [-0.25, -0.2) is 4.39 Å². The van der Waals surface area contributed by atoms with Gasteiger partial charge in [-0.05, 0) is 44.2 Å². The van der Waals surface area contributed by atoms with Gasteiger partial charge < -0.3 is 15.2 Å². The Morgan fingerprint density at radius 2 is 1.94 bits per heavy atom. The summed E-state index contributed by atoms with van der Waals surface area (Å²) in [6.07, 6.45) is 0. The topological polar surface area (TPSA) is 88.9 Å². The van der Waals surface area contributed by atoms with E-state index in [0.717, 1.165) is 0 Å². The van der Waals surface area contributed by atoms with Crippen molar-refractivity contribution in [3.63, 3.8) is 0 Å². The highest BCUT2D eigenvalue weighted by Gasteiger charge is 2.21. The first-order valence-electron chi connectivity index (χ1n) is 9.66. The van der Waals surface area contributed by atoms with Crippen molar-refractivity contribution in [2.45, 2.75) is 31.6 Å². The maximum absolute atomic E-state index is 13.7. The fourth-order valence-electron chi connectivity index (χ4n) is 2.92. The average molecular weight is 496 g/mol. The molecule has 11 heteroatoms. The second kappa shape index (κ2) is 10.8. The van der Waals surface area contributed by atoms with Gasteiger partial charge in [-0.1, -0.05) is 47.1 Å². The minimum Gasteiger partial charge on any atom is -0.342 e. The second-order valence-electron chi connectivity index (χ2n) is 6.72. The van der Waals surface area contributed by atoms with Crippen LogP contribution in [0.15, 0.2) is 47.6 Å². The van der Waals surface area contributed by atoms with Crippen LogP contribution in [-0.2, 0) is 11.3 Å². The highest BCUT2D eigenvalue weighted by molar-refractivity contribution is 7.99. The fourth-order valence-corrected chi connectivity index (χ4v) is 4.22. The van der Waals surface area contributed by atoms with Crippen LogP contribution in [0.25, 0.3) is 0 Å². The Labute approximate surface area is 198 Å². The van der Waals surface area contributed by atoms with E-state index < -0.39 is 11.9 Å². The van der Waals surface area contributed by atoms with Crippen molar-refractivity contribution in [3.8, 4) is 0 Å². The zero-order chi connectivity index (χ0) is 23.3. The molecule has 0 aliphatic heterocycles. The number of hydrogen-bond acceptors (Lipinski definition) is 5. The number of anilines is 1. The number of hydrogen-bond donors (Lipinski definition) is 2. The van der Waals surface area contributed by atoms with Gasteiger partial charge in [0.25, 0.3) is 5.91 Å². The van der Waals surface area contributed by atoms with E-state index in [1.165, 1.54) is 30.0 Å². The van der Waals surface area contributed by atoms with Crippen molar-refractivity contribution in [3.05, 3.63) is 69.7 Å². The zero-order valence-electron chi connectivity index (χ0n) is 17.2.